The summed E-state index contributed by atoms with van der Waals surface area (Å²) in [6, 6.07) is 6.15. The van der Waals surface area contributed by atoms with Crippen LogP contribution in [0.15, 0.2) is 28.8 Å². The van der Waals surface area contributed by atoms with Crippen molar-refractivity contribution < 1.29 is 33.2 Å². The number of anilines is 1. The maximum Gasteiger partial charge on any atom is 0.407 e. The number of carbonyl (C=O) groups excluding carboxylic acids is 4. The molecule has 0 fully saturated rings. The Hall–Kier alpha value is -4.33. The molecule has 2 aromatic heterocycles. The van der Waals surface area contributed by atoms with Crippen molar-refractivity contribution >= 4 is 40.3 Å². The number of alkyl carbamates (subject to hydrolysis) is 1. The predicted molar refractivity (Wildman–Crippen MR) is 155 cm³/mol. The molecule has 2 heterocycles. The number of hydrogen-bond donors (Lipinski definition) is 3. The van der Waals surface area contributed by atoms with E-state index in [-0.39, 0.29) is 24.7 Å². The van der Waals surface area contributed by atoms with Crippen LogP contribution in [0.25, 0.3) is 11.4 Å². The van der Waals surface area contributed by atoms with E-state index in [1.54, 1.807) is 65.8 Å². The molecule has 13 nitrogen and oxygen atoms in total. The number of aromatic nitrogens is 3. The normalized spacial score (nSPS) is 11.9. The number of esters is 1. The summed E-state index contributed by atoms with van der Waals surface area (Å²) in [4.78, 5) is 59.0. The molecule has 0 saturated heterocycles. The molecule has 0 unspecified atom stereocenters. The van der Waals surface area contributed by atoms with Gasteiger partial charge < -0.3 is 29.9 Å². The summed E-state index contributed by atoms with van der Waals surface area (Å²) in [5.74, 6) is -0.554. The number of rotatable bonds is 12. The SMILES string of the molecule is CCOC(=O)c1sc(NC(=O)C[C@H](CCCNC(=O)OC(C)(C)C)NC(=O)c2cccc(-c3noc(C)n3)c2)nc1C. The van der Waals surface area contributed by atoms with Gasteiger partial charge in [-0.3, -0.25) is 9.59 Å². The van der Waals surface area contributed by atoms with Crippen molar-refractivity contribution in [2.45, 2.75) is 72.4 Å². The Kier molecular flexibility index (Phi) is 11.1. The summed E-state index contributed by atoms with van der Waals surface area (Å²) >= 11 is 1.02. The Morgan fingerprint density at radius 3 is 2.55 bits per heavy atom. The van der Waals surface area contributed by atoms with E-state index >= 15 is 0 Å². The minimum absolute atomic E-state index is 0.0741. The van der Waals surface area contributed by atoms with E-state index in [1.807, 2.05) is 0 Å². The Morgan fingerprint density at radius 1 is 1.12 bits per heavy atom. The Labute approximate surface area is 247 Å². The number of amides is 3. The van der Waals surface area contributed by atoms with Crippen molar-refractivity contribution in [1.29, 1.82) is 0 Å². The first-order chi connectivity index (χ1) is 19.8. The van der Waals surface area contributed by atoms with Crippen molar-refractivity contribution in [3.8, 4) is 11.4 Å². The third-order valence-electron chi connectivity index (χ3n) is 5.58. The second kappa shape index (κ2) is 14.5. The van der Waals surface area contributed by atoms with E-state index in [9.17, 15) is 19.2 Å². The third-order valence-corrected chi connectivity index (χ3v) is 6.63. The van der Waals surface area contributed by atoms with E-state index in [2.05, 4.69) is 31.1 Å². The van der Waals surface area contributed by atoms with Crippen LogP contribution in [-0.4, -0.2) is 63.8 Å². The van der Waals surface area contributed by atoms with Crippen LogP contribution in [0.3, 0.4) is 0 Å². The average molecular weight is 601 g/mol. The van der Waals surface area contributed by atoms with Crippen LogP contribution in [0, 0.1) is 13.8 Å². The molecule has 3 rings (SSSR count). The largest absolute Gasteiger partial charge is 0.462 e. The molecule has 0 aliphatic carbocycles. The molecule has 3 N–H and O–H groups in total. The van der Waals surface area contributed by atoms with Gasteiger partial charge in [-0.05, 0) is 59.6 Å². The van der Waals surface area contributed by atoms with Crippen LogP contribution in [-0.2, 0) is 14.3 Å². The maximum absolute atomic E-state index is 13.2. The highest BCUT2D eigenvalue weighted by Gasteiger charge is 2.22. The van der Waals surface area contributed by atoms with Gasteiger partial charge in [0.05, 0.1) is 12.3 Å². The van der Waals surface area contributed by atoms with Gasteiger partial charge in [-0.25, -0.2) is 14.6 Å². The van der Waals surface area contributed by atoms with Gasteiger partial charge in [0.2, 0.25) is 17.6 Å². The van der Waals surface area contributed by atoms with Gasteiger partial charge in [0.25, 0.3) is 5.91 Å². The summed E-state index contributed by atoms with van der Waals surface area (Å²) in [5.41, 5.74) is 0.770. The number of aryl methyl sites for hydroxylation is 2. The number of nitrogens with one attached hydrogen (secondary N) is 3. The fourth-order valence-electron chi connectivity index (χ4n) is 3.79. The molecule has 1 aromatic carbocycles. The van der Waals surface area contributed by atoms with Gasteiger partial charge in [-0.2, -0.15) is 4.98 Å². The van der Waals surface area contributed by atoms with Gasteiger partial charge in [0.15, 0.2) is 5.13 Å². The van der Waals surface area contributed by atoms with Crippen molar-refractivity contribution in [3.05, 3.63) is 46.3 Å². The Morgan fingerprint density at radius 2 is 1.88 bits per heavy atom. The van der Waals surface area contributed by atoms with Gasteiger partial charge in [0.1, 0.15) is 10.5 Å². The first-order valence-electron chi connectivity index (χ1n) is 13.5. The van der Waals surface area contributed by atoms with E-state index < -0.39 is 35.5 Å². The van der Waals surface area contributed by atoms with Gasteiger partial charge in [-0.15, -0.1) is 0 Å². The van der Waals surface area contributed by atoms with Crippen LogP contribution in [0.4, 0.5) is 9.93 Å². The second-order valence-electron chi connectivity index (χ2n) is 10.4. The minimum atomic E-state index is -0.630. The molecule has 0 saturated carbocycles. The lowest BCUT2D eigenvalue weighted by atomic mass is 10.1. The van der Waals surface area contributed by atoms with Crippen LogP contribution in [0.2, 0.25) is 0 Å². The monoisotopic (exact) mass is 600 g/mol. The summed E-state index contributed by atoms with van der Waals surface area (Å²) in [6.07, 6.45) is 0.216. The molecule has 0 radical (unpaired) electrons. The topological polar surface area (TPSA) is 175 Å². The smallest absolute Gasteiger partial charge is 0.407 e. The number of ether oxygens (including phenoxy) is 2. The fraction of sp³-hybridized carbons (Fsp3) is 0.464. The molecule has 3 aromatic rings. The zero-order valence-electron chi connectivity index (χ0n) is 24.5. The number of hydrogen-bond acceptors (Lipinski definition) is 11. The summed E-state index contributed by atoms with van der Waals surface area (Å²) < 4.78 is 15.3. The lowest BCUT2D eigenvalue weighted by Gasteiger charge is -2.21. The van der Waals surface area contributed by atoms with Gasteiger partial charge in [0, 0.05) is 37.1 Å². The molecule has 42 heavy (non-hydrogen) atoms. The average Bonchev–Trinajstić information content (AvgIpc) is 3.50. The molecule has 0 bridgehead atoms. The van der Waals surface area contributed by atoms with E-state index in [4.69, 9.17) is 14.0 Å². The molecular formula is C28H36N6O7S. The first-order valence-corrected chi connectivity index (χ1v) is 14.3. The van der Waals surface area contributed by atoms with E-state index in [0.29, 0.717) is 46.3 Å². The Balaban J connectivity index is 1.68. The van der Waals surface area contributed by atoms with E-state index in [1.165, 1.54) is 0 Å². The standard InChI is InChI=1S/C28H36N6O7S/c1-7-39-25(37)22-16(2)30-26(42-22)33-21(35)15-20(12-9-13-29-27(38)40-28(4,5)6)32-24(36)19-11-8-10-18(14-19)23-31-17(3)41-34-23/h8,10-11,14,20H,7,9,12-13,15H2,1-6H3,(H,29,38)(H,32,36)(H,30,33,35)/t20-/m0/s1. The molecule has 0 aliphatic heterocycles. The third kappa shape index (κ3) is 9.94. The Bertz CT molecular complexity index is 1410. The lowest BCUT2D eigenvalue weighted by Crippen LogP contribution is -2.38. The zero-order valence-corrected chi connectivity index (χ0v) is 25.3. The predicted octanol–water partition coefficient (Wildman–Crippen LogP) is 4.42. The van der Waals surface area contributed by atoms with Crippen LogP contribution < -0.4 is 16.0 Å². The quantitative estimate of drug-likeness (QED) is 0.199. The summed E-state index contributed by atoms with van der Waals surface area (Å²) in [5, 5.41) is 12.4. The lowest BCUT2D eigenvalue weighted by molar-refractivity contribution is -0.116. The van der Waals surface area contributed by atoms with Gasteiger partial charge in [-0.1, -0.05) is 28.6 Å². The molecule has 0 spiro atoms. The molecule has 1 atom stereocenters. The molecule has 14 heteroatoms. The second-order valence-corrected chi connectivity index (χ2v) is 11.4. The fourth-order valence-corrected chi connectivity index (χ4v) is 4.67. The highest BCUT2D eigenvalue weighted by molar-refractivity contribution is 7.17. The van der Waals surface area contributed by atoms with Crippen molar-refractivity contribution in [1.82, 2.24) is 25.8 Å². The number of benzene rings is 1. The van der Waals surface area contributed by atoms with Crippen molar-refractivity contribution in [3.63, 3.8) is 0 Å². The van der Waals surface area contributed by atoms with Crippen LogP contribution in [0.1, 0.15) is 78.6 Å². The number of nitrogens with zero attached hydrogens (tertiary/aromatic N) is 3. The number of carbonyl (C=O) groups is 4. The summed E-state index contributed by atoms with van der Waals surface area (Å²) in [7, 11) is 0. The molecule has 0 aliphatic rings. The zero-order chi connectivity index (χ0) is 30.9. The molecule has 3 amide bonds. The van der Waals surface area contributed by atoms with Crippen LogP contribution >= 0.6 is 11.3 Å². The highest BCUT2D eigenvalue weighted by atomic mass is 32.1. The summed E-state index contributed by atoms with van der Waals surface area (Å²) in [6.45, 7) is 10.8. The number of thiazole rings is 1. The van der Waals surface area contributed by atoms with E-state index in [0.717, 1.165) is 11.3 Å². The highest BCUT2D eigenvalue weighted by Crippen LogP contribution is 2.24. The van der Waals surface area contributed by atoms with Crippen molar-refractivity contribution in [2.75, 3.05) is 18.5 Å². The minimum Gasteiger partial charge on any atom is -0.462 e. The molecular weight excluding hydrogens is 564 g/mol. The van der Waals surface area contributed by atoms with Gasteiger partial charge >= 0.3 is 12.1 Å². The van der Waals surface area contributed by atoms with Crippen LogP contribution in [0.5, 0.6) is 0 Å². The first kappa shape index (κ1) is 32.2. The maximum atomic E-state index is 13.2. The van der Waals surface area contributed by atoms with Crippen molar-refractivity contribution in [2.24, 2.45) is 0 Å². The molecule has 226 valence electrons.